The molecule has 1 amide bonds. The van der Waals surface area contributed by atoms with Gasteiger partial charge in [-0.05, 0) is 93.4 Å². The summed E-state index contributed by atoms with van der Waals surface area (Å²) in [6.07, 6.45) is 4.34. The molecule has 2 saturated heterocycles. The number of rotatable bonds is 3. The molecular weight excluding hydrogens is 542 g/mol. The predicted octanol–water partition coefficient (Wildman–Crippen LogP) is 4.26. The summed E-state index contributed by atoms with van der Waals surface area (Å²) in [4.78, 5) is 38.1. The summed E-state index contributed by atoms with van der Waals surface area (Å²) in [5, 5.41) is 0. The van der Waals surface area contributed by atoms with Crippen molar-refractivity contribution in [3.63, 3.8) is 0 Å². The molecule has 5 aliphatic rings. The Labute approximate surface area is 249 Å². The highest BCUT2D eigenvalue weighted by molar-refractivity contribution is 5.95. The molecule has 9 nitrogen and oxygen atoms in total. The standard InChI is InChI=1S/C34H37N5O4/c1-18-21-17-22-25-16-19-8-9-26(42-3)30-27(19)34(22,12-15-37(25)2)31(43-30)29(21)36-28(18)32(40)38-13-10-20(11-14-38)39-24-7-5-4-6-23(24)35-33(39)41/h4-9,20,22,25,31,36H,10-17H2,1-3H3,(H,35,41)/t22-,25+,31-,34?/m0/s1. The van der Waals surface area contributed by atoms with E-state index in [2.05, 4.69) is 41.0 Å². The maximum absolute atomic E-state index is 14.1. The van der Waals surface area contributed by atoms with Gasteiger partial charge in [0.05, 0.1) is 23.8 Å². The number of imidazole rings is 1. The van der Waals surface area contributed by atoms with Crippen molar-refractivity contribution in [2.24, 2.45) is 5.92 Å². The molecule has 9 rings (SSSR count). The molecule has 1 spiro atoms. The number of piperidine rings is 2. The minimum atomic E-state index is -0.150. The number of hydrogen-bond acceptors (Lipinski definition) is 5. The average Bonchev–Trinajstić information content (AvgIpc) is 3.66. The molecule has 4 atom stereocenters. The molecule has 2 fully saturated rings. The highest BCUT2D eigenvalue weighted by Crippen LogP contribution is 2.67. The fourth-order valence-corrected chi connectivity index (χ4v) is 9.57. The number of carbonyl (C=O) groups excluding carboxylic acids is 1. The smallest absolute Gasteiger partial charge is 0.326 e. The monoisotopic (exact) mass is 579 g/mol. The van der Waals surface area contributed by atoms with Crippen molar-refractivity contribution in [2.75, 3.05) is 33.8 Å². The maximum Gasteiger partial charge on any atom is 0.326 e. The van der Waals surface area contributed by atoms with Gasteiger partial charge in [-0.15, -0.1) is 0 Å². The summed E-state index contributed by atoms with van der Waals surface area (Å²) in [5.74, 6) is 2.18. The maximum atomic E-state index is 14.1. The van der Waals surface area contributed by atoms with E-state index in [9.17, 15) is 9.59 Å². The second-order valence-corrected chi connectivity index (χ2v) is 13.3. The summed E-state index contributed by atoms with van der Waals surface area (Å²) >= 11 is 0. The normalized spacial score (nSPS) is 27.6. The number of nitrogens with zero attached hydrogens (tertiary/aromatic N) is 3. The Hall–Kier alpha value is -3.98. The van der Waals surface area contributed by atoms with Crippen LogP contribution in [0.25, 0.3) is 11.0 Å². The first kappa shape index (κ1) is 25.5. The van der Waals surface area contributed by atoms with Gasteiger partial charge in [0.25, 0.3) is 5.91 Å². The Balaban J connectivity index is 1.05. The first-order chi connectivity index (χ1) is 20.9. The van der Waals surface area contributed by atoms with E-state index in [1.807, 2.05) is 33.7 Å². The van der Waals surface area contributed by atoms with E-state index in [0.717, 1.165) is 72.4 Å². The Morgan fingerprint density at radius 2 is 1.88 bits per heavy atom. The van der Waals surface area contributed by atoms with E-state index in [-0.39, 0.29) is 29.2 Å². The minimum absolute atomic E-state index is 0.0472. The van der Waals surface area contributed by atoms with E-state index in [1.54, 1.807) is 7.11 Å². The molecule has 222 valence electrons. The zero-order valence-corrected chi connectivity index (χ0v) is 24.9. The molecule has 9 heteroatoms. The Morgan fingerprint density at radius 3 is 2.70 bits per heavy atom. The SMILES string of the molecule is COc1ccc2c3c1O[C@H]1c4[nH]c(C(=O)N5CCC(n6c(=O)[nH]c7ccccc76)CC5)c(C)c4C[C@H]4[C@@H](C2)N(C)CCC314. The van der Waals surface area contributed by atoms with Crippen LogP contribution < -0.4 is 15.2 Å². The molecular formula is C34H37N5O4. The van der Waals surface area contributed by atoms with Gasteiger partial charge in [0.2, 0.25) is 0 Å². The Bertz CT molecular complexity index is 1880. The molecule has 0 radical (unpaired) electrons. The quantitative estimate of drug-likeness (QED) is 0.378. The highest BCUT2D eigenvalue weighted by atomic mass is 16.5. The topological polar surface area (TPSA) is 95.6 Å². The van der Waals surface area contributed by atoms with Crippen LogP contribution in [0.4, 0.5) is 0 Å². The van der Waals surface area contributed by atoms with Gasteiger partial charge in [0.1, 0.15) is 11.8 Å². The Morgan fingerprint density at radius 1 is 1.07 bits per heavy atom. The lowest BCUT2D eigenvalue weighted by molar-refractivity contribution is -0.0256. The van der Waals surface area contributed by atoms with Gasteiger partial charge >= 0.3 is 5.69 Å². The van der Waals surface area contributed by atoms with E-state index >= 15 is 0 Å². The molecule has 2 aromatic heterocycles. The van der Waals surface area contributed by atoms with Crippen molar-refractivity contribution < 1.29 is 14.3 Å². The molecule has 2 aromatic carbocycles. The number of nitrogens with one attached hydrogen (secondary N) is 2. The first-order valence-corrected chi connectivity index (χ1v) is 15.7. The molecule has 3 aliphatic heterocycles. The van der Waals surface area contributed by atoms with Crippen LogP contribution in [-0.4, -0.2) is 70.1 Å². The van der Waals surface area contributed by atoms with Crippen molar-refractivity contribution >= 4 is 16.9 Å². The summed E-state index contributed by atoms with van der Waals surface area (Å²) in [5.41, 5.74) is 8.42. The van der Waals surface area contributed by atoms with Crippen LogP contribution in [0.5, 0.6) is 11.5 Å². The van der Waals surface area contributed by atoms with Gasteiger partial charge in [0.15, 0.2) is 11.5 Å². The van der Waals surface area contributed by atoms with Crippen molar-refractivity contribution in [2.45, 2.75) is 62.6 Å². The molecule has 5 heterocycles. The number of carbonyl (C=O) groups is 1. The fourth-order valence-electron chi connectivity index (χ4n) is 9.57. The number of para-hydroxylation sites is 2. The lowest BCUT2D eigenvalue weighted by Gasteiger charge is -2.57. The second kappa shape index (κ2) is 8.78. The zero-order valence-electron chi connectivity index (χ0n) is 24.9. The third-order valence-electron chi connectivity index (χ3n) is 11.6. The van der Waals surface area contributed by atoms with Crippen LogP contribution in [-0.2, 0) is 18.3 Å². The minimum Gasteiger partial charge on any atom is -0.493 e. The average molecular weight is 580 g/mol. The van der Waals surface area contributed by atoms with Crippen LogP contribution in [0.3, 0.4) is 0 Å². The number of benzene rings is 2. The van der Waals surface area contributed by atoms with Crippen molar-refractivity contribution in [3.05, 3.63) is 80.5 Å². The number of aromatic nitrogens is 3. The number of methoxy groups -OCH3 is 1. The molecule has 2 bridgehead atoms. The molecule has 43 heavy (non-hydrogen) atoms. The highest BCUT2D eigenvalue weighted by Gasteiger charge is 2.65. The lowest BCUT2D eigenvalue weighted by Crippen LogP contribution is -2.62. The lowest BCUT2D eigenvalue weighted by atomic mass is 9.51. The van der Waals surface area contributed by atoms with Gasteiger partial charge in [-0.25, -0.2) is 4.79 Å². The number of likely N-dealkylation sites (N-methyl/N-ethyl adjacent to an activating group) is 1. The number of H-pyrrole nitrogens is 2. The van der Waals surface area contributed by atoms with Crippen LogP contribution in [0.2, 0.25) is 0 Å². The summed E-state index contributed by atoms with van der Waals surface area (Å²) < 4.78 is 14.6. The van der Waals surface area contributed by atoms with Gasteiger partial charge < -0.3 is 29.2 Å². The number of hydrogen-bond donors (Lipinski definition) is 2. The molecule has 0 saturated carbocycles. The molecule has 4 aromatic rings. The predicted molar refractivity (Wildman–Crippen MR) is 162 cm³/mol. The third-order valence-corrected chi connectivity index (χ3v) is 11.6. The fraction of sp³-hybridized carbons (Fsp3) is 0.471. The van der Waals surface area contributed by atoms with E-state index in [0.29, 0.717) is 30.7 Å². The number of amides is 1. The van der Waals surface area contributed by atoms with Crippen LogP contribution in [0, 0.1) is 12.8 Å². The van der Waals surface area contributed by atoms with Crippen LogP contribution in [0.15, 0.2) is 41.2 Å². The summed E-state index contributed by atoms with van der Waals surface area (Å²) in [6.45, 7) is 4.37. The van der Waals surface area contributed by atoms with Crippen LogP contribution >= 0.6 is 0 Å². The van der Waals surface area contributed by atoms with E-state index < -0.39 is 0 Å². The Kier molecular flexibility index (Phi) is 5.21. The summed E-state index contributed by atoms with van der Waals surface area (Å²) in [6, 6.07) is 12.6. The molecule has 2 N–H and O–H groups in total. The van der Waals surface area contributed by atoms with Gasteiger partial charge in [0, 0.05) is 36.2 Å². The van der Waals surface area contributed by atoms with Crippen molar-refractivity contribution in [1.82, 2.24) is 24.3 Å². The molecule has 1 unspecified atom stereocenters. The van der Waals surface area contributed by atoms with E-state index in [1.165, 1.54) is 16.7 Å². The molecule has 2 aliphatic carbocycles. The largest absolute Gasteiger partial charge is 0.493 e. The third kappa shape index (κ3) is 3.21. The number of ether oxygens (including phenoxy) is 2. The second-order valence-electron chi connectivity index (χ2n) is 13.3. The zero-order chi connectivity index (χ0) is 29.2. The first-order valence-electron chi connectivity index (χ1n) is 15.7. The number of likely N-dealkylation sites (tertiary alicyclic amines) is 2. The summed E-state index contributed by atoms with van der Waals surface area (Å²) in [7, 11) is 3.98. The van der Waals surface area contributed by atoms with E-state index in [4.69, 9.17) is 9.47 Å². The van der Waals surface area contributed by atoms with Gasteiger partial charge in [-0.3, -0.25) is 9.36 Å². The number of fused-ring (bicyclic) bond motifs is 3. The van der Waals surface area contributed by atoms with Crippen molar-refractivity contribution in [1.29, 1.82) is 0 Å². The van der Waals surface area contributed by atoms with Gasteiger partial charge in [-0.2, -0.15) is 0 Å². The number of aromatic amines is 2. The van der Waals surface area contributed by atoms with Crippen LogP contribution in [0.1, 0.15) is 69.8 Å². The van der Waals surface area contributed by atoms with Gasteiger partial charge in [-0.1, -0.05) is 18.2 Å². The van der Waals surface area contributed by atoms with Crippen molar-refractivity contribution in [3.8, 4) is 11.5 Å².